The van der Waals surface area contributed by atoms with Crippen molar-refractivity contribution in [1.82, 2.24) is 0 Å². The molecule has 0 aliphatic rings. The van der Waals surface area contributed by atoms with Gasteiger partial charge < -0.3 is 4.74 Å². The zero-order valence-corrected chi connectivity index (χ0v) is 10.6. The topological polar surface area (TPSA) is 60.4 Å². The number of aldehydes is 1. The van der Waals surface area contributed by atoms with Gasteiger partial charge in [-0.25, -0.2) is 8.42 Å². The molecule has 17 heavy (non-hydrogen) atoms. The van der Waals surface area contributed by atoms with Crippen LogP contribution in [0.3, 0.4) is 0 Å². The molecule has 0 spiro atoms. The van der Waals surface area contributed by atoms with Gasteiger partial charge in [0.25, 0.3) is 0 Å². The number of sulfone groups is 1. The molecule has 0 bridgehead atoms. The van der Waals surface area contributed by atoms with Gasteiger partial charge in [0, 0.05) is 11.3 Å². The first-order valence-corrected chi connectivity index (χ1v) is 7.28. The average molecular weight is 256 g/mol. The van der Waals surface area contributed by atoms with E-state index >= 15 is 0 Å². The fourth-order valence-electron chi connectivity index (χ4n) is 1.29. The zero-order valence-electron chi connectivity index (χ0n) is 9.76. The van der Waals surface area contributed by atoms with Gasteiger partial charge in [0.2, 0.25) is 0 Å². The molecule has 4 nitrogen and oxygen atoms in total. The van der Waals surface area contributed by atoms with E-state index in [0.29, 0.717) is 24.3 Å². The summed E-state index contributed by atoms with van der Waals surface area (Å²) < 4.78 is 27.8. The molecular formula is C12H16O4S. The van der Waals surface area contributed by atoms with Crippen molar-refractivity contribution in [3.05, 3.63) is 29.8 Å². The summed E-state index contributed by atoms with van der Waals surface area (Å²) in [6.45, 7) is 1.96. The van der Waals surface area contributed by atoms with Gasteiger partial charge >= 0.3 is 0 Å². The summed E-state index contributed by atoms with van der Waals surface area (Å²) in [6.07, 6.45) is 1.20. The second kappa shape index (κ2) is 6.39. The Kier molecular flexibility index (Phi) is 5.15. The van der Waals surface area contributed by atoms with Gasteiger partial charge in [-0.2, -0.15) is 0 Å². The van der Waals surface area contributed by atoms with Crippen molar-refractivity contribution >= 4 is 16.1 Å². The Morgan fingerprint density at radius 1 is 1.35 bits per heavy atom. The van der Waals surface area contributed by atoms with Gasteiger partial charge in [-0.05, 0) is 18.6 Å². The second-order valence-electron chi connectivity index (χ2n) is 3.63. The Morgan fingerprint density at radius 3 is 2.76 bits per heavy atom. The molecule has 0 N–H and O–H groups in total. The SMILES string of the molecule is CCS(=O)(=O)CCCOc1cccc(C=O)c1. The number of ether oxygens (including phenoxy) is 1. The number of rotatable bonds is 7. The molecule has 0 aliphatic carbocycles. The first kappa shape index (κ1) is 13.7. The van der Waals surface area contributed by atoms with Crippen LogP contribution in [0.4, 0.5) is 0 Å². The monoisotopic (exact) mass is 256 g/mol. The van der Waals surface area contributed by atoms with Crippen molar-refractivity contribution < 1.29 is 17.9 Å². The maximum Gasteiger partial charge on any atom is 0.150 e. The third-order valence-electron chi connectivity index (χ3n) is 2.30. The van der Waals surface area contributed by atoms with Crippen LogP contribution in [0.2, 0.25) is 0 Å². The van der Waals surface area contributed by atoms with Gasteiger partial charge in [0.1, 0.15) is 21.9 Å². The van der Waals surface area contributed by atoms with E-state index in [9.17, 15) is 13.2 Å². The summed E-state index contributed by atoms with van der Waals surface area (Å²) in [7, 11) is -2.92. The first-order valence-electron chi connectivity index (χ1n) is 5.46. The summed E-state index contributed by atoms with van der Waals surface area (Å²) in [5.41, 5.74) is 0.545. The van der Waals surface area contributed by atoms with E-state index in [1.165, 1.54) is 0 Å². The predicted octanol–water partition coefficient (Wildman–Crippen LogP) is 1.70. The lowest BCUT2D eigenvalue weighted by Gasteiger charge is -2.06. The highest BCUT2D eigenvalue weighted by atomic mass is 32.2. The molecule has 0 unspecified atom stereocenters. The van der Waals surface area contributed by atoms with Crippen LogP contribution in [0.25, 0.3) is 0 Å². The third kappa shape index (κ3) is 4.99. The Hall–Kier alpha value is -1.36. The van der Waals surface area contributed by atoms with Gasteiger partial charge in [-0.15, -0.1) is 0 Å². The summed E-state index contributed by atoms with van der Waals surface area (Å²) in [4.78, 5) is 10.5. The molecule has 0 radical (unpaired) electrons. The van der Waals surface area contributed by atoms with E-state index in [0.717, 1.165) is 6.29 Å². The van der Waals surface area contributed by atoms with Crippen molar-refractivity contribution in [2.45, 2.75) is 13.3 Å². The molecule has 0 heterocycles. The number of hydrogen-bond acceptors (Lipinski definition) is 4. The fourth-order valence-corrected chi connectivity index (χ4v) is 2.14. The molecule has 1 rings (SSSR count). The summed E-state index contributed by atoms with van der Waals surface area (Å²) >= 11 is 0. The highest BCUT2D eigenvalue weighted by Gasteiger charge is 2.06. The lowest BCUT2D eigenvalue weighted by molar-refractivity contribution is 0.112. The zero-order chi connectivity index (χ0) is 12.7. The van der Waals surface area contributed by atoms with E-state index in [4.69, 9.17) is 4.74 Å². The molecular weight excluding hydrogens is 240 g/mol. The average Bonchev–Trinajstić information content (AvgIpc) is 2.35. The van der Waals surface area contributed by atoms with Crippen LogP contribution < -0.4 is 4.74 Å². The van der Waals surface area contributed by atoms with E-state index in [1.807, 2.05) is 0 Å². The molecule has 0 aromatic heterocycles. The van der Waals surface area contributed by atoms with Crippen LogP contribution in [-0.2, 0) is 9.84 Å². The highest BCUT2D eigenvalue weighted by Crippen LogP contribution is 2.12. The predicted molar refractivity (Wildman–Crippen MR) is 66.3 cm³/mol. The molecule has 5 heteroatoms. The Balaban J connectivity index is 2.38. The minimum absolute atomic E-state index is 0.136. The van der Waals surface area contributed by atoms with Gasteiger partial charge in [-0.3, -0.25) is 4.79 Å². The Labute approximate surface area is 102 Å². The minimum atomic E-state index is -2.92. The van der Waals surface area contributed by atoms with Crippen LogP contribution in [-0.4, -0.2) is 32.8 Å². The molecule has 0 saturated carbocycles. The van der Waals surface area contributed by atoms with Crippen molar-refractivity contribution in [2.24, 2.45) is 0 Å². The molecule has 94 valence electrons. The molecule has 0 amide bonds. The smallest absolute Gasteiger partial charge is 0.150 e. The van der Waals surface area contributed by atoms with Crippen LogP contribution >= 0.6 is 0 Å². The fraction of sp³-hybridized carbons (Fsp3) is 0.417. The van der Waals surface area contributed by atoms with Gasteiger partial charge in [0.05, 0.1) is 12.4 Å². The third-order valence-corrected chi connectivity index (χ3v) is 4.09. The number of carbonyl (C=O) groups excluding carboxylic acids is 1. The number of hydrogen-bond donors (Lipinski definition) is 0. The van der Waals surface area contributed by atoms with E-state index in [-0.39, 0.29) is 11.5 Å². The van der Waals surface area contributed by atoms with E-state index < -0.39 is 9.84 Å². The Morgan fingerprint density at radius 2 is 2.12 bits per heavy atom. The lowest BCUT2D eigenvalue weighted by Crippen LogP contribution is -2.11. The second-order valence-corrected chi connectivity index (χ2v) is 6.10. The van der Waals surface area contributed by atoms with Crippen LogP contribution in [0.1, 0.15) is 23.7 Å². The maximum absolute atomic E-state index is 11.2. The quantitative estimate of drug-likeness (QED) is 0.550. The highest BCUT2D eigenvalue weighted by molar-refractivity contribution is 7.91. The van der Waals surface area contributed by atoms with Gasteiger partial charge in [0.15, 0.2) is 0 Å². The van der Waals surface area contributed by atoms with Crippen LogP contribution in [0.5, 0.6) is 5.75 Å². The largest absolute Gasteiger partial charge is 0.494 e. The number of carbonyl (C=O) groups is 1. The molecule has 0 saturated heterocycles. The normalized spacial score (nSPS) is 11.1. The van der Waals surface area contributed by atoms with Gasteiger partial charge in [-0.1, -0.05) is 19.1 Å². The van der Waals surface area contributed by atoms with E-state index in [1.54, 1.807) is 31.2 Å². The summed E-state index contributed by atoms with van der Waals surface area (Å²) in [6, 6.07) is 6.77. The maximum atomic E-state index is 11.2. The minimum Gasteiger partial charge on any atom is -0.494 e. The van der Waals surface area contributed by atoms with Crippen LogP contribution in [0.15, 0.2) is 24.3 Å². The van der Waals surface area contributed by atoms with Crippen molar-refractivity contribution in [3.8, 4) is 5.75 Å². The molecule has 1 aromatic rings. The van der Waals surface area contributed by atoms with E-state index in [2.05, 4.69) is 0 Å². The molecule has 0 fully saturated rings. The van der Waals surface area contributed by atoms with Crippen molar-refractivity contribution in [1.29, 1.82) is 0 Å². The summed E-state index contributed by atoms with van der Waals surface area (Å²) in [5.74, 6) is 0.883. The van der Waals surface area contributed by atoms with Crippen molar-refractivity contribution in [3.63, 3.8) is 0 Å². The molecule has 0 aliphatic heterocycles. The lowest BCUT2D eigenvalue weighted by atomic mass is 10.2. The molecule has 0 atom stereocenters. The summed E-state index contributed by atoms with van der Waals surface area (Å²) in [5, 5.41) is 0. The first-order chi connectivity index (χ1) is 8.07. The standard InChI is InChI=1S/C12H16O4S/c1-2-17(14,15)8-4-7-16-12-6-3-5-11(9-12)10-13/h3,5-6,9-10H,2,4,7-8H2,1H3. The molecule has 1 aromatic carbocycles. The number of benzene rings is 1. The Bertz CT molecular complexity index is 465. The van der Waals surface area contributed by atoms with Crippen molar-refractivity contribution in [2.75, 3.05) is 18.1 Å². The van der Waals surface area contributed by atoms with Crippen LogP contribution in [0, 0.1) is 0 Å².